The van der Waals surface area contributed by atoms with Crippen LogP contribution in [-0.4, -0.2) is 26.0 Å². The SMILES string of the molecule is CCCCc1ccnc(C(=O)O)c1.[Ir].[c-]1cc(-c2nccc3ccccc23)ccc1-c1nccc2ccccc12. The number of hydrogen-bond acceptors (Lipinski definition) is 4. The van der Waals surface area contributed by atoms with E-state index in [0.717, 1.165) is 58.1 Å². The van der Waals surface area contributed by atoms with Crippen LogP contribution in [0.15, 0.2) is 110 Å². The van der Waals surface area contributed by atoms with Gasteiger partial charge in [-0.3, -0.25) is 4.98 Å². The van der Waals surface area contributed by atoms with Crippen molar-refractivity contribution in [3.8, 4) is 22.5 Å². The maximum Gasteiger partial charge on any atom is 0.354 e. The van der Waals surface area contributed by atoms with Gasteiger partial charge in [0.05, 0.1) is 0 Å². The molecule has 0 saturated heterocycles. The molecule has 0 atom stereocenters. The molecule has 6 heteroatoms. The monoisotopic (exact) mass is 703 g/mol. The Balaban J connectivity index is 0.000000226. The molecule has 0 saturated carbocycles. The van der Waals surface area contributed by atoms with E-state index in [9.17, 15) is 4.79 Å². The number of carbonyl (C=O) groups is 1. The number of benzene rings is 3. The average Bonchev–Trinajstić information content (AvgIpc) is 3.00. The molecule has 3 aromatic carbocycles. The second-order valence-electron chi connectivity index (χ2n) is 9.21. The van der Waals surface area contributed by atoms with Crippen LogP contribution in [0.25, 0.3) is 44.1 Å². The minimum Gasteiger partial charge on any atom is -0.477 e. The number of nitrogens with zero attached hydrogens (tertiary/aromatic N) is 3. The Morgan fingerprint density at radius 2 is 1.40 bits per heavy atom. The number of carboxylic acids is 1. The van der Waals surface area contributed by atoms with E-state index in [0.29, 0.717) is 0 Å². The molecule has 0 amide bonds. The quantitative estimate of drug-likeness (QED) is 0.178. The molecule has 6 aromatic rings. The summed E-state index contributed by atoms with van der Waals surface area (Å²) >= 11 is 0. The number of fused-ring (bicyclic) bond motifs is 2. The Hall–Kier alpha value is -4.25. The second-order valence-corrected chi connectivity index (χ2v) is 9.21. The Bertz CT molecular complexity index is 1630. The van der Waals surface area contributed by atoms with Crippen LogP contribution in [0.3, 0.4) is 0 Å². The van der Waals surface area contributed by atoms with Crippen molar-refractivity contribution in [2.24, 2.45) is 0 Å². The van der Waals surface area contributed by atoms with Gasteiger partial charge in [0, 0.05) is 44.4 Å². The van der Waals surface area contributed by atoms with E-state index in [1.165, 1.54) is 10.8 Å². The summed E-state index contributed by atoms with van der Waals surface area (Å²) in [5, 5.41) is 13.3. The van der Waals surface area contributed by atoms with Gasteiger partial charge < -0.3 is 10.1 Å². The molecule has 0 aliphatic heterocycles. The molecule has 0 fully saturated rings. The number of hydrogen-bond donors (Lipinski definition) is 1. The summed E-state index contributed by atoms with van der Waals surface area (Å²) in [6.45, 7) is 2.11. The maximum absolute atomic E-state index is 10.6. The average molecular weight is 703 g/mol. The van der Waals surface area contributed by atoms with Gasteiger partial charge in [0.25, 0.3) is 0 Å². The smallest absolute Gasteiger partial charge is 0.354 e. The summed E-state index contributed by atoms with van der Waals surface area (Å²) in [5.74, 6) is -0.960. The molecule has 3 aromatic heterocycles. The van der Waals surface area contributed by atoms with Crippen molar-refractivity contribution in [3.05, 3.63) is 127 Å². The van der Waals surface area contributed by atoms with Crippen molar-refractivity contribution in [1.82, 2.24) is 15.0 Å². The molecule has 3 heterocycles. The van der Waals surface area contributed by atoms with Crippen LogP contribution in [-0.2, 0) is 26.5 Å². The van der Waals surface area contributed by atoms with E-state index in [-0.39, 0.29) is 25.8 Å². The van der Waals surface area contributed by atoms with Crippen LogP contribution >= 0.6 is 0 Å². The maximum atomic E-state index is 10.6. The van der Waals surface area contributed by atoms with Crippen LogP contribution in [0, 0.1) is 6.07 Å². The summed E-state index contributed by atoms with van der Waals surface area (Å²) in [4.78, 5) is 23.5. The second kappa shape index (κ2) is 13.7. The number of aryl methyl sites for hydroxylation is 1. The van der Waals surface area contributed by atoms with E-state index >= 15 is 0 Å². The Morgan fingerprint density at radius 3 is 2.02 bits per heavy atom. The molecular weight excluding hydrogens is 675 g/mol. The number of aromatic nitrogens is 3. The van der Waals surface area contributed by atoms with Crippen molar-refractivity contribution >= 4 is 27.5 Å². The van der Waals surface area contributed by atoms with E-state index < -0.39 is 5.97 Å². The van der Waals surface area contributed by atoms with Crippen LogP contribution in [0.1, 0.15) is 35.8 Å². The minimum atomic E-state index is -0.960. The number of unbranched alkanes of at least 4 members (excludes halogenated alkanes) is 1. The predicted octanol–water partition coefficient (Wildman–Crippen LogP) is 8.04. The first kappa shape index (κ1) is 28.7. The largest absolute Gasteiger partial charge is 0.477 e. The van der Waals surface area contributed by atoms with Gasteiger partial charge >= 0.3 is 5.97 Å². The molecule has 1 N–H and O–H groups in total. The van der Waals surface area contributed by atoms with E-state index in [1.807, 2.05) is 60.9 Å². The molecule has 5 nitrogen and oxygen atoms in total. The molecule has 6 rings (SSSR count). The van der Waals surface area contributed by atoms with E-state index in [2.05, 4.69) is 64.3 Å². The summed E-state index contributed by atoms with van der Waals surface area (Å²) < 4.78 is 0. The number of rotatable bonds is 6. The van der Waals surface area contributed by atoms with Gasteiger partial charge in [-0.25, -0.2) is 9.78 Å². The fourth-order valence-corrected chi connectivity index (χ4v) is 4.53. The van der Waals surface area contributed by atoms with Gasteiger partial charge in [-0.2, -0.15) is 0 Å². The summed E-state index contributed by atoms with van der Waals surface area (Å²) in [6.07, 6.45) is 8.39. The molecule has 1 radical (unpaired) electrons. The van der Waals surface area contributed by atoms with Gasteiger partial charge in [0.1, 0.15) is 5.69 Å². The fraction of sp³-hybridized carbons (Fsp3) is 0.118. The van der Waals surface area contributed by atoms with E-state index in [1.54, 1.807) is 12.3 Å². The Kier molecular flexibility index (Phi) is 9.85. The van der Waals surface area contributed by atoms with Crippen LogP contribution in [0.4, 0.5) is 0 Å². The third-order valence-electron chi connectivity index (χ3n) is 6.55. The van der Waals surface area contributed by atoms with Crippen molar-refractivity contribution < 1.29 is 30.0 Å². The number of carboxylic acid groups (broad SMARTS) is 1. The van der Waals surface area contributed by atoms with Crippen molar-refractivity contribution in [2.75, 3.05) is 0 Å². The third-order valence-corrected chi connectivity index (χ3v) is 6.55. The first-order chi connectivity index (χ1) is 19.1. The molecule has 0 spiro atoms. The Labute approximate surface area is 247 Å². The van der Waals surface area contributed by atoms with Gasteiger partial charge in [-0.15, -0.1) is 29.8 Å². The normalized spacial score (nSPS) is 10.4. The van der Waals surface area contributed by atoms with Crippen LogP contribution < -0.4 is 0 Å². The zero-order chi connectivity index (χ0) is 27.0. The zero-order valence-electron chi connectivity index (χ0n) is 22.0. The van der Waals surface area contributed by atoms with Crippen molar-refractivity contribution in [2.45, 2.75) is 26.2 Å². The molecule has 0 aliphatic carbocycles. The summed E-state index contributed by atoms with van der Waals surface area (Å²) in [6, 6.07) is 33.8. The van der Waals surface area contributed by atoms with Crippen molar-refractivity contribution in [1.29, 1.82) is 0 Å². The molecular formula is C34H28IrN3O2-. The third kappa shape index (κ3) is 6.66. The molecule has 0 aliphatic rings. The van der Waals surface area contributed by atoms with Crippen molar-refractivity contribution in [3.63, 3.8) is 0 Å². The van der Waals surface area contributed by atoms with E-state index in [4.69, 9.17) is 5.11 Å². The molecule has 0 unspecified atom stereocenters. The summed E-state index contributed by atoms with van der Waals surface area (Å²) in [5.41, 5.74) is 5.18. The van der Waals surface area contributed by atoms with Crippen LogP contribution in [0.2, 0.25) is 0 Å². The minimum absolute atomic E-state index is 0. The topological polar surface area (TPSA) is 76.0 Å². The first-order valence-electron chi connectivity index (χ1n) is 13.0. The zero-order valence-corrected chi connectivity index (χ0v) is 24.4. The fourth-order valence-electron chi connectivity index (χ4n) is 4.53. The first-order valence-corrected chi connectivity index (χ1v) is 13.0. The van der Waals surface area contributed by atoms with Crippen LogP contribution in [0.5, 0.6) is 0 Å². The molecule has 201 valence electrons. The number of aromatic carboxylic acids is 1. The molecule has 0 bridgehead atoms. The predicted molar refractivity (Wildman–Crippen MR) is 157 cm³/mol. The number of pyridine rings is 3. The van der Waals surface area contributed by atoms with Gasteiger partial charge in [0.15, 0.2) is 0 Å². The summed E-state index contributed by atoms with van der Waals surface area (Å²) in [7, 11) is 0. The molecule has 40 heavy (non-hydrogen) atoms. The van der Waals surface area contributed by atoms with Gasteiger partial charge in [-0.05, 0) is 69.9 Å². The Morgan fingerprint density at radius 1 is 0.775 bits per heavy atom. The van der Waals surface area contributed by atoms with Gasteiger partial charge in [-0.1, -0.05) is 67.4 Å². The van der Waals surface area contributed by atoms with Gasteiger partial charge in [0.2, 0.25) is 0 Å². The standard InChI is InChI=1S/C24H15N2.C10H13NO2.Ir/c1-3-7-21-17(5-1)13-15-25-23(21)19-9-11-20(12-10-19)24-22-8-4-2-6-18(22)14-16-26-24;1-2-3-4-8-5-6-11-9(7-8)10(12)13;/h1-11,13-16H;5-7H,2-4H2,1H3,(H,12,13);/q-1;;.